The van der Waals surface area contributed by atoms with E-state index < -0.39 is 0 Å². The second kappa shape index (κ2) is 6.53. The van der Waals surface area contributed by atoms with Crippen molar-refractivity contribution in [3.8, 4) is 0 Å². The molecule has 1 aliphatic carbocycles. The first kappa shape index (κ1) is 14.5. The summed E-state index contributed by atoms with van der Waals surface area (Å²) in [5.74, 6) is 7.43. The van der Waals surface area contributed by atoms with Crippen LogP contribution >= 0.6 is 0 Å². The van der Waals surface area contributed by atoms with Crippen LogP contribution in [-0.2, 0) is 13.5 Å². The Bertz CT molecular complexity index is 391. The maximum Gasteiger partial charge on any atom is 0.0670 e. The summed E-state index contributed by atoms with van der Waals surface area (Å²) < 4.78 is 1.91. The summed E-state index contributed by atoms with van der Waals surface area (Å²) in [6, 6.07) is 0.265. The highest BCUT2D eigenvalue weighted by atomic mass is 15.3. The fraction of sp³-hybridized carbons (Fsp3) is 0.800. The van der Waals surface area contributed by atoms with Gasteiger partial charge in [0.05, 0.1) is 11.7 Å². The van der Waals surface area contributed by atoms with Gasteiger partial charge in [0.2, 0.25) is 0 Å². The lowest BCUT2D eigenvalue weighted by Gasteiger charge is -2.33. The summed E-state index contributed by atoms with van der Waals surface area (Å²) in [6.45, 7) is 4.47. The van der Waals surface area contributed by atoms with Crippen molar-refractivity contribution >= 4 is 0 Å². The van der Waals surface area contributed by atoms with Crippen molar-refractivity contribution in [3.63, 3.8) is 0 Å². The number of aryl methyl sites for hydroxylation is 2. The van der Waals surface area contributed by atoms with E-state index in [1.54, 1.807) is 0 Å². The Morgan fingerprint density at radius 3 is 2.58 bits per heavy atom. The molecule has 1 aromatic rings. The average molecular weight is 264 g/mol. The van der Waals surface area contributed by atoms with Gasteiger partial charge in [-0.25, -0.2) is 0 Å². The highest BCUT2D eigenvalue weighted by Crippen LogP contribution is 2.38. The molecule has 0 aromatic carbocycles. The zero-order chi connectivity index (χ0) is 13.8. The fourth-order valence-corrected chi connectivity index (χ4v) is 3.50. The van der Waals surface area contributed by atoms with Gasteiger partial charge in [-0.3, -0.25) is 16.0 Å². The molecule has 2 rings (SSSR count). The van der Waals surface area contributed by atoms with Crippen LogP contribution in [0.4, 0.5) is 0 Å². The minimum atomic E-state index is 0.265. The van der Waals surface area contributed by atoms with Gasteiger partial charge >= 0.3 is 0 Å². The lowest BCUT2D eigenvalue weighted by atomic mass is 9.76. The number of hydrogen-bond acceptors (Lipinski definition) is 3. The molecule has 0 saturated heterocycles. The largest absolute Gasteiger partial charge is 0.275 e. The number of hydrogen-bond donors (Lipinski definition) is 2. The SMILES string of the molecule is CCc1nn(C)cc1C(NN)C1CCC(CC)CC1. The monoisotopic (exact) mass is 264 g/mol. The van der Waals surface area contributed by atoms with Gasteiger partial charge < -0.3 is 0 Å². The average Bonchev–Trinajstić information content (AvgIpc) is 2.81. The zero-order valence-corrected chi connectivity index (χ0v) is 12.5. The van der Waals surface area contributed by atoms with E-state index in [1.165, 1.54) is 43.4 Å². The lowest BCUT2D eigenvalue weighted by Crippen LogP contribution is -2.35. The molecule has 4 nitrogen and oxygen atoms in total. The topological polar surface area (TPSA) is 55.9 Å². The Morgan fingerprint density at radius 2 is 2.05 bits per heavy atom. The van der Waals surface area contributed by atoms with E-state index in [1.807, 2.05) is 11.7 Å². The summed E-state index contributed by atoms with van der Waals surface area (Å²) in [5.41, 5.74) is 5.54. The standard InChI is InChI=1S/C15H28N4/c1-4-11-6-8-12(9-7-11)15(17-16)13-10-19(3)18-14(13)5-2/h10-12,15,17H,4-9,16H2,1-3H3. The first-order chi connectivity index (χ1) is 9.19. The molecule has 0 spiro atoms. The van der Waals surface area contributed by atoms with E-state index in [4.69, 9.17) is 5.84 Å². The Labute approximate surface area is 116 Å². The predicted molar refractivity (Wildman–Crippen MR) is 78.4 cm³/mol. The molecule has 108 valence electrons. The zero-order valence-electron chi connectivity index (χ0n) is 12.5. The first-order valence-electron chi connectivity index (χ1n) is 7.68. The predicted octanol–water partition coefficient (Wildman–Crippen LogP) is 2.70. The lowest BCUT2D eigenvalue weighted by molar-refractivity contribution is 0.219. The van der Waals surface area contributed by atoms with Crippen LogP contribution in [-0.4, -0.2) is 9.78 Å². The Hall–Kier alpha value is -0.870. The molecular weight excluding hydrogens is 236 g/mol. The van der Waals surface area contributed by atoms with Crippen molar-refractivity contribution in [3.05, 3.63) is 17.5 Å². The van der Waals surface area contributed by atoms with E-state index in [0.29, 0.717) is 5.92 Å². The third-order valence-electron chi connectivity index (χ3n) is 4.73. The molecule has 0 amide bonds. The van der Waals surface area contributed by atoms with Crippen LogP contribution in [0, 0.1) is 11.8 Å². The van der Waals surface area contributed by atoms with Crippen molar-refractivity contribution < 1.29 is 0 Å². The van der Waals surface area contributed by atoms with Crippen molar-refractivity contribution in [2.75, 3.05) is 0 Å². The Balaban J connectivity index is 2.11. The summed E-state index contributed by atoms with van der Waals surface area (Å²) in [6.07, 6.45) is 9.69. The van der Waals surface area contributed by atoms with Gasteiger partial charge in [-0.2, -0.15) is 5.10 Å². The quantitative estimate of drug-likeness (QED) is 0.635. The second-order valence-corrected chi connectivity index (χ2v) is 5.89. The third-order valence-corrected chi connectivity index (χ3v) is 4.73. The Morgan fingerprint density at radius 1 is 1.37 bits per heavy atom. The number of rotatable bonds is 5. The summed E-state index contributed by atoms with van der Waals surface area (Å²) >= 11 is 0. The normalized spacial score (nSPS) is 25.5. The van der Waals surface area contributed by atoms with Crippen molar-refractivity contribution in [1.82, 2.24) is 15.2 Å². The minimum Gasteiger partial charge on any atom is -0.275 e. The van der Waals surface area contributed by atoms with Crippen LogP contribution in [0.15, 0.2) is 6.20 Å². The smallest absolute Gasteiger partial charge is 0.0670 e. The molecule has 1 atom stereocenters. The minimum absolute atomic E-state index is 0.265. The maximum absolute atomic E-state index is 5.85. The summed E-state index contributed by atoms with van der Waals surface area (Å²) in [5, 5.41) is 4.55. The molecule has 0 radical (unpaired) electrons. The molecule has 1 aliphatic rings. The molecule has 3 N–H and O–H groups in total. The molecule has 1 saturated carbocycles. The van der Waals surface area contributed by atoms with Gasteiger partial charge in [0.25, 0.3) is 0 Å². The highest BCUT2D eigenvalue weighted by Gasteiger charge is 2.29. The van der Waals surface area contributed by atoms with Crippen molar-refractivity contribution in [2.45, 2.75) is 58.4 Å². The van der Waals surface area contributed by atoms with Gasteiger partial charge in [-0.05, 0) is 31.1 Å². The molecule has 4 heteroatoms. The van der Waals surface area contributed by atoms with E-state index >= 15 is 0 Å². The molecule has 0 bridgehead atoms. The summed E-state index contributed by atoms with van der Waals surface area (Å²) in [7, 11) is 1.99. The van der Waals surface area contributed by atoms with Crippen LogP contribution in [0.1, 0.15) is 63.3 Å². The molecule has 0 aliphatic heterocycles. The number of nitrogens with zero attached hydrogens (tertiary/aromatic N) is 2. The molecule has 1 heterocycles. The van der Waals surface area contributed by atoms with Crippen molar-refractivity contribution in [1.29, 1.82) is 0 Å². The number of aromatic nitrogens is 2. The maximum atomic E-state index is 5.85. The number of nitrogens with one attached hydrogen (secondary N) is 1. The van der Waals surface area contributed by atoms with Crippen molar-refractivity contribution in [2.24, 2.45) is 24.7 Å². The number of hydrazine groups is 1. The molecule has 1 fully saturated rings. The molecule has 1 unspecified atom stereocenters. The first-order valence-corrected chi connectivity index (χ1v) is 7.68. The van der Waals surface area contributed by atoms with E-state index in [2.05, 4.69) is 30.6 Å². The van der Waals surface area contributed by atoms with Gasteiger partial charge in [0.1, 0.15) is 0 Å². The third kappa shape index (κ3) is 3.18. The number of nitrogens with two attached hydrogens (primary N) is 1. The van der Waals surface area contributed by atoms with E-state index in [9.17, 15) is 0 Å². The van der Waals surface area contributed by atoms with Crippen LogP contribution in [0.2, 0.25) is 0 Å². The van der Waals surface area contributed by atoms with Crippen LogP contribution < -0.4 is 11.3 Å². The Kier molecular flexibility index (Phi) is 4.99. The molecule has 1 aromatic heterocycles. The molecular formula is C15H28N4. The highest BCUT2D eigenvalue weighted by molar-refractivity contribution is 5.22. The van der Waals surface area contributed by atoms with Gasteiger partial charge in [0, 0.05) is 18.8 Å². The second-order valence-electron chi connectivity index (χ2n) is 5.89. The van der Waals surface area contributed by atoms with Gasteiger partial charge in [0.15, 0.2) is 0 Å². The van der Waals surface area contributed by atoms with E-state index in [0.717, 1.165) is 12.3 Å². The van der Waals surface area contributed by atoms with Gasteiger partial charge in [-0.15, -0.1) is 0 Å². The summed E-state index contributed by atoms with van der Waals surface area (Å²) in [4.78, 5) is 0. The van der Waals surface area contributed by atoms with Crippen LogP contribution in [0.5, 0.6) is 0 Å². The molecule has 19 heavy (non-hydrogen) atoms. The van der Waals surface area contributed by atoms with Gasteiger partial charge in [-0.1, -0.05) is 33.1 Å². The van der Waals surface area contributed by atoms with Crippen LogP contribution in [0.25, 0.3) is 0 Å². The van der Waals surface area contributed by atoms with E-state index in [-0.39, 0.29) is 6.04 Å². The fourth-order valence-electron chi connectivity index (χ4n) is 3.50. The van der Waals surface area contributed by atoms with Crippen LogP contribution in [0.3, 0.4) is 0 Å².